The van der Waals surface area contributed by atoms with E-state index in [0.29, 0.717) is 11.3 Å². The largest absolute Gasteiger partial charge is 0.484 e. The summed E-state index contributed by atoms with van der Waals surface area (Å²) >= 11 is 0. The molecule has 3 rings (SSSR count). The molecule has 0 saturated carbocycles. The molecule has 1 amide bonds. The number of carbonyl (C=O) groups excluding carboxylic acids is 2. The molecular weight excluding hydrogens is 333 g/mol. The van der Waals surface area contributed by atoms with Gasteiger partial charge in [-0.3, -0.25) is 9.59 Å². The van der Waals surface area contributed by atoms with Crippen LogP contribution < -0.4 is 4.74 Å². The summed E-state index contributed by atoms with van der Waals surface area (Å²) in [6.07, 6.45) is 5.18. The van der Waals surface area contributed by atoms with Gasteiger partial charge >= 0.3 is 0 Å². The highest BCUT2D eigenvalue weighted by Gasteiger charge is 2.18. The number of nitrogens with zero attached hydrogens (tertiary/aromatic N) is 1. The summed E-state index contributed by atoms with van der Waals surface area (Å²) in [4.78, 5) is 25.9. The summed E-state index contributed by atoms with van der Waals surface area (Å²) in [7, 11) is 0. The average molecular weight is 353 g/mol. The van der Waals surface area contributed by atoms with Crippen LogP contribution in [0, 0.1) is 5.82 Å². The minimum Gasteiger partial charge on any atom is -0.484 e. The number of likely N-dealkylation sites (tertiary alicyclic amines) is 1. The van der Waals surface area contributed by atoms with E-state index in [4.69, 9.17) is 4.74 Å². The molecule has 134 valence electrons. The molecule has 5 heteroatoms. The number of benzene rings is 2. The van der Waals surface area contributed by atoms with Gasteiger partial charge in [0.15, 0.2) is 12.4 Å². The summed E-state index contributed by atoms with van der Waals surface area (Å²) in [5.41, 5.74) is 1.27. The maximum absolute atomic E-state index is 12.9. The van der Waals surface area contributed by atoms with E-state index in [1.54, 1.807) is 47.4 Å². The second-order valence-electron chi connectivity index (χ2n) is 6.15. The summed E-state index contributed by atoms with van der Waals surface area (Å²) in [5, 5.41) is 0. The first-order chi connectivity index (χ1) is 12.6. The van der Waals surface area contributed by atoms with Gasteiger partial charge in [-0.2, -0.15) is 0 Å². The van der Waals surface area contributed by atoms with E-state index in [0.717, 1.165) is 31.5 Å². The highest BCUT2D eigenvalue weighted by Crippen LogP contribution is 2.15. The highest BCUT2D eigenvalue weighted by molar-refractivity contribution is 6.06. The van der Waals surface area contributed by atoms with Crippen LogP contribution in [0.1, 0.15) is 28.8 Å². The number of allylic oxidation sites excluding steroid dienone is 1. The second-order valence-corrected chi connectivity index (χ2v) is 6.15. The molecule has 0 aromatic heterocycles. The number of rotatable bonds is 6. The third-order valence-corrected chi connectivity index (χ3v) is 4.26. The number of halogens is 1. The minimum atomic E-state index is -0.313. The molecule has 4 nitrogen and oxygen atoms in total. The van der Waals surface area contributed by atoms with E-state index in [1.807, 2.05) is 0 Å². The van der Waals surface area contributed by atoms with E-state index in [9.17, 15) is 14.0 Å². The molecule has 0 unspecified atom stereocenters. The molecule has 0 atom stereocenters. The van der Waals surface area contributed by atoms with Gasteiger partial charge in [0.05, 0.1) is 0 Å². The van der Waals surface area contributed by atoms with Crippen molar-refractivity contribution in [2.24, 2.45) is 0 Å². The molecule has 26 heavy (non-hydrogen) atoms. The predicted molar refractivity (Wildman–Crippen MR) is 97.5 cm³/mol. The van der Waals surface area contributed by atoms with Gasteiger partial charge in [-0.25, -0.2) is 4.39 Å². The van der Waals surface area contributed by atoms with Crippen molar-refractivity contribution in [3.05, 3.63) is 71.6 Å². The standard InChI is InChI=1S/C21H20FNO3/c22-18-8-3-16(4-9-18)5-12-20(24)17-6-10-19(11-7-17)26-15-21(25)23-13-1-2-14-23/h3-12H,1-2,13-15H2. The third kappa shape index (κ3) is 4.79. The molecule has 1 saturated heterocycles. The van der Waals surface area contributed by atoms with Crippen LogP contribution in [0.25, 0.3) is 6.08 Å². The lowest BCUT2D eigenvalue weighted by Crippen LogP contribution is -2.32. The molecule has 2 aromatic carbocycles. The molecule has 1 heterocycles. The Kier molecular flexibility index (Phi) is 5.79. The molecule has 1 aliphatic rings. The maximum Gasteiger partial charge on any atom is 0.260 e. The van der Waals surface area contributed by atoms with Gasteiger partial charge in [-0.05, 0) is 60.9 Å². The van der Waals surface area contributed by atoms with E-state index in [-0.39, 0.29) is 24.1 Å². The van der Waals surface area contributed by atoms with Crippen LogP contribution in [-0.4, -0.2) is 36.3 Å². The van der Waals surface area contributed by atoms with Crippen LogP contribution in [0.15, 0.2) is 54.6 Å². The first kappa shape index (κ1) is 17.9. The van der Waals surface area contributed by atoms with Crippen molar-refractivity contribution >= 4 is 17.8 Å². The van der Waals surface area contributed by atoms with Crippen LogP contribution in [0.4, 0.5) is 4.39 Å². The lowest BCUT2D eigenvalue weighted by Gasteiger charge is -2.15. The number of ketones is 1. The number of amides is 1. The molecule has 0 bridgehead atoms. The minimum absolute atomic E-state index is 0.00937. The van der Waals surface area contributed by atoms with Crippen molar-refractivity contribution in [1.82, 2.24) is 4.90 Å². The van der Waals surface area contributed by atoms with Crippen molar-refractivity contribution in [3.8, 4) is 5.75 Å². The Labute approximate surface area is 151 Å². The predicted octanol–water partition coefficient (Wildman–Crippen LogP) is 3.72. The smallest absolute Gasteiger partial charge is 0.260 e. The summed E-state index contributed by atoms with van der Waals surface area (Å²) in [6.45, 7) is 1.61. The summed E-state index contributed by atoms with van der Waals surface area (Å²) < 4.78 is 18.4. The molecule has 0 aliphatic carbocycles. The monoisotopic (exact) mass is 353 g/mol. The zero-order chi connectivity index (χ0) is 18.4. The first-order valence-electron chi connectivity index (χ1n) is 8.60. The Bertz CT molecular complexity index is 791. The molecule has 0 radical (unpaired) electrons. The Morgan fingerprint density at radius 1 is 1.00 bits per heavy atom. The summed E-state index contributed by atoms with van der Waals surface area (Å²) in [6, 6.07) is 12.6. The Morgan fingerprint density at radius 2 is 1.65 bits per heavy atom. The van der Waals surface area contributed by atoms with Crippen molar-refractivity contribution in [3.63, 3.8) is 0 Å². The van der Waals surface area contributed by atoms with Gasteiger partial charge in [-0.1, -0.05) is 18.2 Å². The van der Waals surface area contributed by atoms with E-state index in [1.165, 1.54) is 18.2 Å². The van der Waals surface area contributed by atoms with Crippen LogP contribution >= 0.6 is 0 Å². The quantitative estimate of drug-likeness (QED) is 0.587. The van der Waals surface area contributed by atoms with Crippen LogP contribution in [-0.2, 0) is 4.79 Å². The molecule has 2 aromatic rings. The van der Waals surface area contributed by atoms with Crippen molar-refractivity contribution < 1.29 is 18.7 Å². The van der Waals surface area contributed by atoms with Crippen LogP contribution in [0.3, 0.4) is 0 Å². The normalized spacial score (nSPS) is 14.0. The maximum atomic E-state index is 12.9. The fraction of sp³-hybridized carbons (Fsp3) is 0.238. The van der Waals surface area contributed by atoms with Gasteiger partial charge < -0.3 is 9.64 Å². The average Bonchev–Trinajstić information content (AvgIpc) is 3.21. The zero-order valence-electron chi connectivity index (χ0n) is 14.4. The van der Waals surface area contributed by atoms with Crippen molar-refractivity contribution in [2.75, 3.05) is 19.7 Å². The van der Waals surface area contributed by atoms with Crippen LogP contribution in [0.2, 0.25) is 0 Å². The highest BCUT2D eigenvalue weighted by atomic mass is 19.1. The van der Waals surface area contributed by atoms with Gasteiger partial charge in [0, 0.05) is 18.7 Å². The van der Waals surface area contributed by atoms with Gasteiger partial charge in [-0.15, -0.1) is 0 Å². The SMILES string of the molecule is O=C(C=Cc1ccc(F)cc1)c1ccc(OCC(=O)N2CCCC2)cc1. The number of hydrogen-bond acceptors (Lipinski definition) is 3. The first-order valence-corrected chi connectivity index (χ1v) is 8.60. The lowest BCUT2D eigenvalue weighted by molar-refractivity contribution is -0.132. The Morgan fingerprint density at radius 3 is 2.31 bits per heavy atom. The van der Waals surface area contributed by atoms with Crippen molar-refractivity contribution in [1.29, 1.82) is 0 Å². The van der Waals surface area contributed by atoms with E-state index in [2.05, 4.69) is 0 Å². The number of ether oxygens (including phenoxy) is 1. The van der Waals surface area contributed by atoms with Crippen molar-refractivity contribution in [2.45, 2.75) is 12.8 Å². The van der Waals surface area contributed by atoms with E-state index < -0.39 is 0 Å². The molecule has 0 N–H and O–H groups in total. The summed E-state index contributed by atoms with van der Waals surface area (Å²) in [5.74, 6) is 0.0720. The second kappa shape index (κ2) is 8.43. The van der Waals surface area contributed by atoms with Gasteiger partial charge in [0.25, 0.3) is 5.91 Å². The number of hydrogen-bond donors (Lipinski definition) is 0. The van der Waals surface area contributed by atoms with Gasteiger partial charge in [0.2, 0.25) is 0 Å². The molecule has 1 fully saturated rings. The fourth-order valence-electron chi connectivity index (χ4n) is 2.76. The zero-order valence-corrected chi connectivity index (χ0v) is 14.4. The third-order valence-electron chi connectivity index (χ3n) is 4.26. The number of carbonyl (C=O) groups is 2. The Hall–Kier alpha value is -2.95. The molecule has 1 aliphatic heterocycles. The fourth-order valence-corrected chi connectivity index (χ4v) is 2.76. The van der Waals surface area contributed by atoms with Gasteiger partial charge in [0.1, 0.15) is 11.6 Å². The molecular formula is C21H20FNO3. The molecule has 0 spiro atoms. The van der Waals surface area contributed by atoms with Crippen LogP contribution in [0.5, 0.6) is 5.75 Å². The Balaban J connectivity index is 1.53. The lowest BCUT2D eigenvalue weighted by atomic mass is 10.1. The topological polar surface area (TPSA) is 46.6 Å². The van der Waals surface area contributed by atoms with E-state index >= 15 is 0 Å².